The van der Waals surface area contributed by atoms with Crippen molar-refractivity contribution in [3.05, 3.63) is 24.6 Å². The molecule has 1 aliphatic heterocycles. The third-order valence-electron chi connectivity index (χ3n) is 2.12. The van der Waals surface area contributed by atoms with E-state index in [0.29, 0.717) is 6.54 Å². The average Bonchev–Trinajstić information content (AvgIpc) is 2.56. The highest BCUT2D eigenvalue weighted by Gasteiger charge is 2.18. The molecule has 0 aromatic heterocycles. The van der Waals surface area contributed by atoms with Gasteiger partial charge < -0.3 is 10.2 Å². The monoisotopic (exact) mass is 253 g/mol. The van der Waals surface area contributed by atoms with Crippen LogP contribution < -0.4 is 5.32 Å². The summed E-state index contributed by atoms with van der Waals surface area (Å²) in [6, 6.07) is -0.0904. The molecule has 0 unspecified atom stereocenters. The second-order valence-electron chi connectivity index (χ2n) is 3.06. The predicted molar refractivity (Wildman–Crippen MR) is 79.9 cm³/mol. The molecule has 0 atom stereocenters. The molecule has 0 aromatic rings. The van der Waals surface area contributed by atoms with Crippen molar-refractivity contribution in [1.82, 2.24) is 10.2 Å². The summed E-state index contributed by atoms with van der Waals surface area (Å²) in [5.74, 6) is 0. The van der Waals surface area contributed by atoms with Gasteiger partial charge in [-0.3, -0.25) is 4.99 Å². The smallest absolute Gasteiger partial charge is 0.321 e. The van der Waals surface area contributed by atoms with Crippen molar-refractivity contribution in [3.63, 3.8) is 0 Å². The summed E-state index contributed by atoms with van der Waals surface area (Å²) in [7, 11) is 1.76. The standard InChI is InChI=1S/C10H15N3O.2C2H6/c1-4-8-9(11-5-2)6-7-13(3)10(14)12-8;2*1-2/h4-5H,2,6-7H2,1,3H3,(H,12,14);2*1-2H3/b8-4+,11-9?;;. The minimum Gasteiger partial charge on any atom is -0.327 e. The van der Waals surface area contributed by atoms with Crippen molar-refractivity contribution in [2.24, 2.45) is 4.99 Å². The number of carbonyl (C=O) groups excluding carboxylic acids is 1. The summed E-state index contributed by atoms with van der Waals surface area (Å²) in [6.07, 6.45) is 4.09. The zero-order chi connectivity index (χ0) is 14.6. The van der Waals surface area contributed by atoms with E-state index in [9.17, 15) is 4.79 Å². The summed E-state index contributed by atoms with van der Waals surface area (Å²) in [5, 5.41) is 2.78. The molecular weight excluding hydrogens is 226 g/mol. The average molecular weight is 253 g/mol. The Bertz CT molecular complexity index is 306. The normalized spacial score (nSPS) is 19.0. The van der Waals surface area contributed by atoms with Gasteiger partial charge in [-0.05, 0) is 6.92 Å². The second kappa shape index (κ2) is 11.9. The van der Waals surface area contributed by atoms with Crippen molar-refractivity contribution in [1.29, 1.82) is 0 Å². The van der Waals surface area contributed by atoms with Gasteiger partial charge in [-0.1, -0.05) is 40.3 Å². The van der Waals surface area contributed by atoms with Crippen molar-refractivity contribution < 1.29 is 4.79 Å². The molecule has 1 saturated heterocycles. The van der Waals surface area contributed by atoms with E-state index in [1.165, 1.54) is 6.20 Å². The molecule has 0 aliphatic carbocycles. The van der Waals surface area contributed by atoms with Crippen LogP contribution in [-0.2, 0) is 0 Å². The fourth-order valence-electron chi connectivity index (χ4n) is 1.28. The van der Waals surface area contributed by atoms with Gasteiger partial charge in [-0.2, -0.15) is 0 Å². The molecule has 0 aromatic carbocycles. The molecule has 1 fully saturated rings. The van der Waals surface area contributed by atoms with Crippen molar-refractivity contribution in [3.8, 4) is 0 Å². The molecule has 1 N–H and O–H groups in total. The maximum Gasteiger partial charge on any atom is 0.321 e. The van der Waals surface area contributed by atoms with E-state index in [2.05, 4.69) is 16.9 Å². The minimum absolute atomic E-state index is 0.0904. The van der Waals surface area contributed by atoms with Crippen LogP contribution in [0.15, 0.2) is 29.5 Å². The quantitative estimate of drug-likeness (QED) is 0.763. The molecule has 0 radical (unpaired) electrons. The topological polar surface area (TPSA) is 44.7 Å². The lowest BCUT2D eigenvalue weighted by Gasteiger charge is -2.12. The highest BCUT2D eigenvalue weighted by molar-refractivity contribution is 6.04. The molecule has 18 heavy (non-hydrogen) atoms. The van der Waals surface area contributed by atoms with Crippen LogP contribution in [0.3, 0.4) is 0 Å². The lowest BCUT2D eigenvalue weighted by molar-refractivity contribution is 0.215. The maximum absolute atomic E-state index is 11.4. The first-order chi connectivity index (χ1) is 8.69. The third-order valence-corrected chi connectivity index (χ3v) is 2.12. The number of hydrogen-bond donors (Lipinski definition) is 1. The molecule has 0 saturated carbocycles. The van der Waals surface area contributed by atoms with E-state index in [1.807, 2.05) is 40.7 Å². The van der Waals surface area contributed by atoms with Crippen molar-refractivity contribution >= 4 is 11.7 Å². The molecule has 0 spiro atoms. The van der Waals surface area contributed by atoms with Gasteiger partial charge in [-0.15, -0.1) is 0 Å². The Morgan fingerprint density at radius 2 is 1.89 bits per heavy atom. The number of carbonyl (C=O) groups is 1. The van der Waals surface area contributed by atoms with Gasteiger partial charge in [0.1, 0.15) is 0 Å². The Morgan fingerprint density at radius 3 is 2.33 bits per heavy atom. The van der Waals surface area contributed by atoms with Crippen LogP contribution in [0.2, 0.25) is 0 Å². The van der Waals surface area contributed by atoms with Crippen LogP contribution in [0.25, 0.3) is 0 Å². The highest BCUT2D eigenvalue weighted by Crippen LogP contribution is 2.07. The summed E-state index contributed by atoms with van der Waals surface area (Å²) >= 11 is 0. The number of hydrogen-bond acceptors (Lipinski definition) is 2. The fourth-order valence-corrected chi connectivity index (χ4v) is 1.28. The van der Waals surface area contributed by atoms with E-state index in [-0.39, 0.29) is 6.03 Å². The van der Waals surface area contributed by atoms with E-state index in [0.717, 1.165) is 17.8 Å². The number of amides is 2. The maximum atomic E-state index is 11.4. The number of aliphatic imine (C=N–C) groups is 1. The van der Waals surface area contributed by atoms with Crippen LogP contribution in [-0.4, -0.2) is 30.2 Å². The van der Waals surface area contributed by atoms with E-state index < -0.39 is 0 Å². The summed E-state index contributed by atoms with van der Waals surface area (Å²) in [5.41, 5.74) is 1.65. The van der Waals surface area contributed by atoms with Crippen LogP contribution in [0.5, 0.6) is 0 Å². The van der Waals surface area contributed by atoms with Gasteiger partial charge in [-0.25, -0.2) is 4.79 Å². The molecule has 0 bridgehead atoms. The van der Waals surface area contributed by atoms with Gasteiger partial charge >= 0.3 is 6.03 Å². The second-order valence-corrected chi connectivity index (χ2v) is 3.06. The number of nitrogens with zero attached hydrogens (tertiary/aromatic N) is 2. The third kappa shape index (κ3) is 6.23. The van der Waals surface area contributed by atoms with E-state index >= 15 is 0 Å². The predicted octanol–water partition coefficient (Wildman–Crippen LogP) is 3.57. The van der Waals surface area contributed by atoms with Gasteiger partial charge in [0.15, 0.2) is 0 Å². The number of allylic oxidation sites excluding steroid dienone is 2. The first kappa shape index (κ1) is 18.8. The molecule has 1 rings (SSSR count). The Balaban J connectivity index is 0. The van der Waals surface area contributed by atoms with Gasteiger partial charge in [0.25, 0.3) is 0 Å². The van der Waals surface area contributed by atoms with E-state index in [4.69, 9.17) is 0 Å². The summed E-state index contributed by atoms with van der Waals surface area (Å²) < 4.78 is 0. The number of rotatable bonds is 1. The first-order valence-corrected chi connectivity index (χ1v) is 6.55. The van der Waals surface area contributed by atoms with Crippen LogP contribution in [0, 0.1) is 0 Å². The SMILES string of the molecule is C=CN=C1CCN(C)C(=O)N/C1=C/C.CC.CC. The zero-order valence-electron chi connectivity index (χ0n) is 12.6. The van der Waals surface area contributed by atoms with Gasteiger partial charge in [0.05, 0.1) is 11.4 Å². The molecule has 4 heteroatoms. The number of urea groups is 1. The largest absolute Gasteiger partial charge is 0.327 e. The van der Waals surface area contributed by atoms with Gasteiger partial charge in [0, 0.05) is 26.2 Å². The highest BCUT2D eigenvalue weighted by atomic mass is 16.2. The Labute approximate surface area is 111 Å². The molecule has 2 amide bonds. The summed E-state index contributed by atoms with van der Waals surface area (Å²) in [4.78, 5) is 17.2. The molecule has 1 heterocycles. The van der Waals surface area contributed by atoms with Crippen molar-refractivity contribution in [2.75, 3.05) is 13.6 Å². The molecule has 4 nitrogen and oxygen atoms in total. The Kier molecular flexibility index (Phi) is 12.4. The van der Waals surface area contributed by atoms with E-state index in [1.54, 1.807) is 11.9 Å². The minimum atomic E-state index is -0.0904. The number of nitrogens with one attached hydrogen (secondary N) is 1. The van der Waals surface area contributed by atoms with Crippen LogP contribution >= 0.6 is 0 Å². The fraction of sp³-hybridized carbons (Fsp3) is 0.571. The van der Waals surface area contributed by atoms with Crippen LogP contribution in [0.4, 0.5) is 4.79 Å². The lowest BCUT2D eigenvalue weighted by atomic mass is 10.2. The van der Waals surface area contributed by atoms with Crippen molar-refractivity contribution in [2.45, 2.75) is 41.0 Å². The zero-order valence-corrected chi connectivity index (χ0v) is 12.6. The molecular formula is C14H27N3O. The summed E-state index contributed by atoms with van der Waals surface area (Å²) in [6.45, 7) is 14.1. The van der Waals surface area contributed by atoms with Gasteiger partial charge in [0.2, 0.25) is 0 Å². The Hall–Kier alpha value is -1.58. The Morgan fingerprint density at radius 1 is 1.33 bits per heavy atom. The first-order valence-electron chi connectivity index (χ1n) is 6.55. The lowest BCUT2D eigenvalue weighted by Crippen LogP contribution is -2.34. The van der Waals surface area contributed by atoms with Crippen LogP contribution in [0.1, 0.15) is 41.0 Å². The molecule has 104 valence electrons. The molecule has 1 aliphatic rings.